The summed E-state index contributed by atoms with van der Waals surface area (Å²) in [5.41, 5.74) is 6.36. The van der Waals surface area contributed by atoms with Gasteiger partial charge >= 0.3 is 54.0 Å². The number of amides is 12. The number of aliphatic carboxylic acids is 5. The average molecular weight is 1720 g/mol. The van der Waals surface area contributed by atoms with Gasteiger partial charge in [0.05, 0.1) is 30.3 Å². The number of aromatic nitrogens is 1. The number of hydrazine groups is 1. The molecule has 0 bridgehead atoms. The Morgan fingerprint density at radius 2 is 1.25 bits per heavy atom. The second-order valence-corrected chi connectivity index (χ2v) is 32.7. The number of hydrogen-bond acceptors (Lipinski definition) is 24. The molecule has 1 aliphatic rings. The van der Waals surface area contributed by atoms with Crippen LogP contribution >= 0.6 is 32.9 Å². The van der Waals surface area contributed by atoms with Crippen molar-refractivity contribution in [1.29, 1.82) is 0 Å². The fraction of sp³-hybridized carbons (Fsp3) is 0.597. The van der Waals surface area contributed by atoms with Crippen LogP contribution in [-0.2, 0) is 86.4 Å². The number of phenols is 1. The molecule has 118 heavy (non-hydrogen) atoms. The molecule has 1 unspecified atom stereocenters. The lowest BCUT2D eigenvalue weighted by molar-refractivity contribution is -0.159. The molecule has 4 rings (SSSR count). The lowest BCUT2D eigenvalue weighted by atomic mass is 9.90. The minimum atomic E-state index is -1.75. The molecule has 1 aromatic heterocycles. The van der Waals surface area contributed by atoms with Gasteiger partial charge in [-0.15, -0.1) is 11.3 Å². The highest BCUT2D eigenvalue weighted by Crippen LogP contribution is 2.31. The summed E-state index contributed by atoms with van der Waals surface area (Å²) in [5.74, 6) is -13.1. The second-order valence-electron chi connectivity index (χ2n) is 29.1. The van der Waals surface area contributed by atoms with E-state index >= 15 is 0 Å². The number of hydrogen-bond donors (Lipinski definition) is 17. The maximum absolute atomic E-state index is 14.9. The zero-order valence-electron chi connectivity index (χ0n) is 67.6. The molecule has 12 amide bonds. The topological polar surface area (TPSA) is 565 Å². The number of piperidine rings is 1. The van der Waals surface area contributed by atoms with Crippen molar-refractivity contribution in [3.05, 3.63) is 81.3 Å². The second kappa shape index (κ2) is 53.0. The maximum atomic E-state index is 14.9. The molecule has 3 aromatic rings. The van der Waals surface area contributed by atoms with E-state index in [2.05, 4.69) is 58.7 Å². The summed E-state index contributed by atoms with van der Waals surface area (Å²) in [7, 11) is 4.36. The Balaban J connectivity index is 1.21. The number of benzene rings is 2. The van der Waals surface area contributed by atoms with Crippen molar-refractivity contribution in [3.8, 4) is 5.75 Å². The summed E-state index contributed by atoms with van der Waals surface area (Å²) in [4.78, 5) is 212. The first-order valence-corrected chi connectivity index (χ1v) is 42.5. The van der Waals surface area contributed by atoms with E-state index in [0.29, 0.717) is 41.8 Å². The molecule has 0 saturated carbocycles. The third-order valence-corrected chi connectivity index (χ3v) is 22.6. The number of carbonyl (C=O) groups is 16. The largest absolute Gasteiger partial charge is 0.508 e. The molecule has 2 heterocycles. The van der Waals surface area contributed by atoms with Crippen molar-refractivity contribution < 1.29 is 117 Å². The van der Waals surface area contributed by atoms with E-state index in [1.54, 1.807) is 41.5 Å². The Hall–Kier alpha value is -10.6. The predicted octanol–water partition coefficient (Wildman–Crippen LogP) is 4.73. The number of carboxylic acids is 5. The van der Waals surface area contributed by atoms with Gasteiger partial charge in [0.1, 0.15) is 48.3 Å². The molecule has 654 valence electrons. The van der Waals surface area contributed by atoms with E-state index in [0.717, 1.165) is 24.9 Å². The number of thiazole rings is 1. The molecule has 0 radical (unpaired) electrons. The number of aromatic hydroxyl groups is 1. The number of rotatable bonds is 53. The van der Waals surface area contributed by atoms with Crippen LogP contribution in [0.15, 0.2) is 53.9 Å². The van der Waals surface area contributed by atoms with Crippen LogP contribution in [0.4, 0.5) is 14.4 Å². The van der Waals surface area contributed by atoms with Gasteiger partial charge in [0.25, 0.3) is 5.91 Å². The summed E-state index contributed by atoms with van der Waals surface area (Å²) in [5, 5.41) is 81.7. The van der Waals surface area contributed by atoms with Gasteiger partial charge < -0.3 is 92.9 Å². The van der Waals surface area contributed by atoms with Crippen LogP contribution < -0.4 is 58.7 Å². The van der Waals surface area contributed by atoms with Gasteiger partial charge in [0, 0.05) is 73.3 Å². The molecule has 17 N–H and O–H groups in total. The molecule has 1 saturated heterocycles. The number of esters is 1. The number of unbranched alkanes of at least 4 members (excludes halogenated alkanes) is 1. The fourth-order valence-corrected chi connectivity index (χ4v) is 15.0. The molecule has 38 nitrogen and oxygen atoms in total. The summed E-state index contributed by atoms with van der Waals surface area (Å²) < 4.78 is 10.9. The van der Waals surface area contributed by atoms with E-state index in [9.17, 15) is 102 Å². The third-order valence-electron chi connectivity index (χ3n) is 19.2. The summed E-state index contributed by atoms with van der Waals surface area (Å²) in [6.45, 7) is 13.5. The average Bonchev–Trinajstić information content (AvgIpc) is 1.43. The minimum Gasteiger partial charge on any atom is -0.508 e. The van der Waals surface area contributed by atoms with Crippen LogP contribution in [0.25, 0.3) is 0 Å². The zero-order chi connectivity index (χ0) is 87.6. The SMILES string of the molecule is CCCC(=O)OCN(C(=O)[C@@H](NC(=O)[C@H]1CCCCN1C)C(C)CC)[C@H](C[C@@H](C)c1nc(C(=O)N[C@@H](Cc2ccc(O)cc2)C[C@H](C)C(=O)NNC(=O)OCCSSCCNC(=O)[C@H](CC(=O)O)NC(=O)[C@H](CC(=O)O)NC(=O)Cc2ccc(CNC(=O)NCCCC[C@@H](NC(=O)N[C@@H](CCCC(=O)O)C(=O)O)C(=O)O)cc2)cs1)C(C)C. The Bertz CT molecular complexity index is 3840. The van der Waals surface area contributed by atoms with Crippen molar-refractivity contribution >= 4 is 128 Å². The van der Waals surface area contributed by atoms with E-state index in [1.165, 1.54) is 57.2 Å². The van der Waals surface area contributed by atoms with Gasteiger partial charge in [-0.2, -0.15) is 0 Å². The van der Waals surface area contributed by atoms with E-state index < -0.39 is 145 Å². The molecule has 41 heteroatoms. The van der Waals surface area contributed by atoms with E-state index in [-0.39, 0.29) is 156 Å². The molecule has 2 aromatic carbocycles. The van der Waals surface area contributed by atoms with E-state index in [1.807, 2.05) is 53.5 Å². The highest BCUT2D eigenvalue weighted by atomic mass is 33.1. The Morgan fingerprint density at radius 3 is 1.86 bits per heavy atom. The fourth-order valence-electron chi connectivity index (χ4n) is 12.4. The first kappa shape index (κ1) is 99.8. The first-order valence-electron chi connectivity index (χ1n) is 39.1. The highest BCUT2D eigenvalue weighted by Gasteiger charge is 2.39. The molecule has 0 spiro atoms. The number of carboxylic acid groups (broad SMARTS) is 5. The van der Waals surface area contributed by atoms with Crippen molar-refractivity contribution in [2.24, 2.45) is 17.8 Å². The van der Waals surface area contributed by atoms with Gasteiger partial charge in [-0.05, 0) is 125 Å². The Labute approximate surface area is 696 Å². The smallest absolute Gasteiger partial charge is 0.426 e. The Kier molecular flexibility index (Phi) is 44.8. The summed E-state index contributed by atoms with van der Waals surface area (Å²) in [6, 6.07) is 2.15. The van der Waals surface area contributed by atoms with Crippen LogP contribution in [0.2, 0.25) is 0 Å². The number of urea groups is 2. The molecular formula is C77H114N14O24S3. The van der Waals surface area contributed by atoms with Gasteiger partial charge in [0.2, 0.25) is 35.4 Å². The lowest BCUT2D eigenvalue weighted by Gasteiger charge is -2.39. The van der Waals surface area contributed by atoms with Crippen LogP contribution in [0.1, 0.15) is 189 Å². The van der Waals surface area contributed by atoms with Gasteiger partial charge in [-0.3, -0.25) is 63.1 Å². The molecular weight excluding hydrogens is 1600 g/mol. The number of phenolic OH excluding ortho intramolecular Hbond substituents is 1. The quantitative estimate of drug-likeness (QED) is 0.0119. The van der Waals surface area contributed by atoms with Gasteiger partial charge in [-0.25, -0.2) is 34.4 Å². The van der Waals surface area contributed by atoms with Crippen molar-refractivity contribution in [3.63, 3.8) is 0 Å². The van der Waals surface area contributed by atoms with Gasteiger partial charge in [-0.1, -0.05) is 119 Å². The summed E-state index contributed by atoms with van der Waals surface area (Å²) >= 11 is 1.26. The Morgan fingerprint density at radius 1 is 0.627 bits per heavy atom. The zero-order valence-corrected chi connectivity index (χ0v) is 70.1. The van der Waals surface area contributed by atoms with Crippen LogP contribution in [-0.4, -0.2) is 241 Å². The first-order chi connectivity index (χ1) is 56.0. The summed E-state index contributed by atoms with van der Waals surface area (Å²) in [6.07, 6.45) is 1.13. The van der Waals surface area contributed by atoms with Crippen LogP contribution in [0.3, 0.4) is 0 Å². The number of nitrogens with zero attached hydrogens (tertiary/aromatic N) is 3. The third kappa shape index (κ3) is 37.8. The maximum Gasteiger partial charge on any atom is 0.426 e. The highest BCUT2D eigenvalue weighted by molar-refractivity contribution is 8.76. The minimum absolute atomic E-state index is 0.0200. The van der Waals surface area contributed by atoms with Crippen molar-refractivity contribution in [2.45, 2.75) is 225 Å². The number of nitrogens with one attached hydrogen (secondary N) is 11. The normalized spacial score (nSPS) is 15.1. The van der Waals surface area contributed by atoms with Crippen molar-refractivity contribution in [1.82, 2.24) is 73.5 Å². The van der Waals surface area contributed by atoms with E-state index in [4.69, 9.17) is 19.6 Å². The molecule has 1 aliphatic heterocycles. The molecule has 0 aliphatic carbocycles. The standard InChI is InChI=1S/C77H114N14O24S3/c1-9-16-64(100)115-43-91(72(106)65(45(5)10-2)87-70(105)58-19-12-14-31-90(58)8)59(44(3)4)36-47(7)71-84-57(42-116-71)69(104)81-51(37-48-25-27-52(92)28-26-48)35-46(6)66(101)88-89-77(113)114-32-34-118-117-33-30-78-67(102)55(39-62(96)97)83-68(103)56(40-63(98)99)82-60(93)38-49-21-23-50(24-22-49)41-80-75(111)79-29-13-11-17-53(73(107)108)85-76(112)86-54(74(109)110)18-15-20-61(94)95/h21-28,42,44-47,51,53-56,58-59,65,92H,9-20,29-41,43H2,1-8H3,(H,78,102)(H,81,104)(H,82,93)(H,83,103)(H,87,105)(H,88,101)(H,89,113)(H,94,95)(H,96,97)(H,98,99)(H,107,108)(H,109,110)(H2,79,80,111)(H2,85,86,112)/t45?,46-,47+,51+,53+,54-,55-,56-,58+,59+,65-/m0/s1. The number of ether oxygens (including phenoxy) is 2. The number of likely N-dealkylation sites (N-methyl/N-ethyl adjacent to an activating group) is 1. The number of carbonyl (C=O) groups excluding carboxylic acids is 11. The number of likely N-dealkylation sites (tertiary alicyclic amines) is 1. The monoisotopic (exact) mass is 1710 g/mol. The lowest BCUT2D eigenvalue weighted by Crippen LogP contribution is -2.59. The van der Waals surface area contributed by atoms with Crippen molar-refractivity contribution in [2.75, 3.05) is 51.5 Å². The molecule has 1 fully saturated rings. The van der Waals surface area contributed by atoms with Crippen LogP contribution in [0.5, 0.6) is 5.75 Å². The van der Waals surface area contributed by atoms with Gasteiger partial charge in [0.15, 0.2) is 6.73 Å². The molecule has 11 atom stereocenters. The predicted molar refractivity (Wildman–Crippen MR) is 434 cm³/mol. The van der Waals surface area contributed by atoms with Crippen LogP contribution in [0, 0.1) is 17.8 Å².